The number of fused-ring (bicyclic) bond motifs is 1. The van der Waals surface area contributed by atoms with Crippen molar-refractivity contribution in [1.29, 1.82) is 0 Å². The first-order chi connectivity index (χ1) is 9.01. The number of nitrogens with zero attached hydrogens (tertiary/aromatic N) is 2. The third-order valence-electron chi connectivity index (χ3n) is 3.11. The average Bonchev–Trinajstić information content (AvgIpc) is 2.35. The number of nitrogens with one attached hydrogen (secondary N) is 1. The van der Waals surface area contributed by atoms with Crippen molar-refractivity contribution in [3.05, 3.63) is 39.2 Å². The molecule has 1 N–H and O–H groups in total. The third kappa shape index (κ3) is 2.83. The van der Waals surface area contributed by atoms with E-state index in [1.165, 1.54) is 7.11 Å². The summed E-state index contributed by atoms with van der Waals surface area (Å²) in [5.41, 5.74) is 1.59. The Labute approximate surface area is 111 Å². The standard InChI is InChI=1S/C13H17N3O3/c1-8-14-11-4-5-16(2)7-9(13(18)19-3)6-10(11)12(17)15-8/h7H,4-6H2,1-3H3,(H,14,15,17). The Bertz CT molecular complexity index is 589. The number of likely N-dealkylation sites (N-methyl/N-ethyl adjacent to an activating group) is 1. The number of hydrogen-bond donors (Lipinski definition) is 1. The Morgan fingerprint density at radius 3 is 2.95 bits per heavy atom. The van der Waals surface area contributed by atoms with E-state index in [0.717, 1.165) is 5.69 Å². The van der Waals surface area contributed by atoms with E-state index in [9.17, 15) is 9.59 Å². The summed E-state index contributed by atoms with van der Waals surface area (Å²) in [5.74, 6) is 0.176. The highest BCUT2D eigenvalue weighted by Gasteiger charge is 2.20. The topological polar surface area (TPSA) is 75.3 Å². The van der Waals surface area contributed by atoms with Crippen LogP contribution in [0.3, 0.4) is 0 Å². The van der Waals surface area contributed by atoms with Crippen molar-refractivity contribution in [1.82, 2.24) is 14.9 Å². The Morgan fingerprint density at radius 1 is 1.53 bits per heavy atom. The number of H-pyrrole nitrogens is 1. The zero-order valence-electron chi connectivity index (χ0n) is 11.3. The number of aromatic amines is 1. The molecule has 0 bridgehead atoms. The van der Waals surface area contributed by atoms with Gasteiger partial charge in [-0.25, -0.2) is 9.78 Å². The number of rotatable bonds is 1. The number of aromatic nitrogens is 2. The van der Waals surface area contributed by atoms with Gasteiger partial charge in [-0.3, -0.25) is 4.79 Å². The predicted octanol–water partition coefficient (Wildman–Crippen LogP) is 0.166. The van der Waals surface area contributed by atoms with Crippen LogP contribution >= 0.6 is 0 Å². The van der Waals surface area contributed by atoms with Crippen LogP contribution in [0, 0.1) is 6.92 Å². The van der Waals surface area contributed by atoms with Gasteiger partial charge in [0.15, 0.2) is 0 Å². The maximum Gasteiger partial charge on any atom is 0.335 e. The van der Waals surface area contributed by atoms with Gasteiger partial charge in [-0.05, 0) is 6.92 Å². The number of esters is 1. The van der Waals surface area contributed by atoms with Crippen molar-refractivity contribution < 1.29 is 9.53 Å². The molecule has 1 aromatic rings. The van der Waals surface area contributed by atoms with Gasteiger partial charge in [0.05, 0.1) is 18.4 Å². The lowest BCUT2D eigenvalue weighted by Gasteiger charge is -2.20. The lowest BCUT2D eigenvalue weighted by Crippen LogP contribution is -2.27. The van der Waals surface area contributed by atoms with Crippen LogP contribution in [0.15, 0.2) is 16.6 Å². The molecule has 102 valence electrons. The molecule has 0 saturated carbocycles. The van der Waals surface area contributed by atoms with E-state index in [4.69, 9.17) is 4.74 Å². The fraction of sp³-hybridized carbons (Fsp3) is 0.462. The molecule has 0 spiro atoms. The molecular weight excluding hydrogens is 246 g/mol. The summed E-state index contributed by atoms with van der Waals surface area (Å²) >= 11 is 0. The summed E-state index contributed by atoms with van der Waals surface area (Å²) < 4.78 is 4.75. The molecule has 1 aromatic heterocycles. The highest BCUT2D eigenvalue weighted by atomic mass is 16.5. The molecule has 6 heteroatoms. The van der Waals surface area contributed by atoms with Crippen LogP contribution in [0.2, 0.25) is 0 Å². The first-order valence-corrected chi connectivity index (χ1v) is 6.09. The van der Waals surface area contributed by atoms with E-state index in [-0.39, 0.29) is 12.0 Å². The van der Waals surface area contributed by atoms with Crippen LogP contribution in [-0.2, 0) is 22.4 Å². The number of aryl methyl sites for hydroxylation is 1. The van der Waals surface area contributed by atoms with Gasteiger partial charge >= 0.3 is 5.97 Å². The van der Waals surface area contributed by atoms with Gasteiger partial charge < -0.3 is 14.6 Å². The molecule has 19 heavy (non-hydrogen) atoms. The van der Waals surface area contributed by atoms with E-state index < -0.39 is 5.97 Å². The normalized spacial score (nSPS) is 15.1. The first-order valence-electron chi connectivity index (χ1n) is 6.09. The van der Waals surface area contributed by atoms with E-state index in [1.807, 2.05) is 11.9 Å². The van der Waals surface area contributed by atoms with Crippen LogP contribution in [-0.4, -0.2) is 41.5 Å². The minimum Gasteiger partial charge on any atom is -0.466 e. The average molecular weight is 263 g/mol. The van der Waals surface area contributed by atoms with Crippen LogP contribution in [0.5, 0.6) is 0 Å². The number of carbonyl (C=O) groups excluding carboxylic acids is 1. The molecule has 2 heterocycles. The predicted molar refractivity (Wildman–Crippen MR) is 69.7 cm³/mol. The molecular formula is C13H17N3O3. The summed E-state index contributed by atoms with van der Waals surface area (Å²) in [6, 6.07) is 0. The SMILES string of the molecule is COC(=O)C1=CN(C)CCc2nc(C)[nH]c(=O)c2C1. The van der Waals surface area contributed by atoms with Crippen LogP contribution in [0.4, 0.5) is 0 Å². The second kappa shape index (κ2) is 5.26. The van der Waals surface area contributed by atoms with Crippen LogP contribution < -0.4 is 5.56 Å². The van der Waals surface area contributed by atoms with E-state index >= 15 is 0 Å². The maximum absolute atomic E-state index is 12.0. The molecule has 0 saturated heterocycles. The number of methoxy groups -OCH3 is 1. The zero-order chi connectivity index (χ0) is 14.0. The molecule has 0 radical (unpaired) electrons. The van der Waals surface area contributed by atoms with E-state index in [0.29, 0.717) is 29.9 Å². The molecule has 0 atom stereocenters. The second-order valence-corrected chi connectivity index (χ2v) is 4.63. The minimum atomic E-state index is -0.417. The van der Waals surface area contributed by atoms with Crippen molar-refractivity contribution in [3.63, 3.8) is 0 Å². The minimum absolute atomic E-state index is 0.179. The smallest absolute Gasteiger partial charge is 0.335 e. The third-order valence-corrected chi connectivity index (χ3v) is 3.11. The molecule has 0 fully saturated rings. The highest BCUT2D eigenvalue weighted by molar-refractivity contribution is 5.88. The lowest BCUT2D eigenvalue weighted by atomic mass is 10.0. The van der Waals surface area contributed by atoms with Crippen LogP contribution in [0.25, 0.3) is 0 Å². The summed E-state index contributed by atoms with van der Waals surface area (Å²) in [6.45, 7) is 2.45. The molecule has 2 rings (SSSR count). The molecule has 0 aromatic carbocycles. The molecule has 0 aliphatic carbocycles. The lowest BCUT2D eigenvalue weighted by molar-refractivity contribution is -0.136. The van der Waals surface area contributed by atoms with Crippen molar-refractivity contribution >= 4 is 5.97 Å². The zero-order valence-corrected chi connectivity index (χ0v) is 11.3. The molecule has 6 nitrogen and oxygen atoms in total. The van der Waals surface area contributed by atoms with Gasteiger partial charge in [-0.1, -0.05) is 0 Å². The van der Waals surface area contributed by atoms with Crippen molar-refractivity contribution in [2.45, 2.75) is 19.8 Å². The van der Waals surface area contributed by atoms with Gasteiger partial charge in [-0.2, -0.15) is 0 Å². The highest BCUT2D eigenvalue weighted by Crippen LogP contribution is 2.14. The Morgan fingerprint density at radius 2 is 2.26 bits per heavy atom. The second-order valence-electron chi connectivity index (χ2n) is 4.63. The molecule has 0 unspecified atom stereocenters. The number of ether oxygens (including phenoxy) is 1. The van der Waals surface area contributed by atoms with Gasteiger partial charge in [0.25, 0.3) is 5.56 Å². The molecule has 1 aliphatic heterocycles. The van der Waals surface area contributed by atoms with Gasteiger partial charge in [0.1, 0.15) is 5.82 Å². The van der Waals surface area contributed by atoms with Gasteiger partial charge in [0, 0.05) is 38.2 Å². The van der Waals surface area contributed by atoms with Crippen LogP contribution in [0.1, 0.15) is 17.1 Å². The molecule has 1 aliphatic rings. The van der Waals surface area contributed by atoms with E-state index in [1.54, 1.807) is 13.1 Å². The Kier molecular flexibility index (Phi) is 3.69. The quantitative estimate of drug-likeness (QED) is 0.731. The summed E-state index contributed by atoms with van der Waals surface area (Å²) in [4.78, 5) is 32.7. The van der Waals surface area contributed by atoms with Gasteiger partial charge in [0.2, 0.25) is 0 Å². The fourth-order valence-electron chi connectivity index (χ4n) is 2.16. The van der Waals surface area contributed by atoms with Crippen molar-refractivity contribution in [2.75, 3.05) is 20.7 Å². The summed E-state index contributed by atoms with van der Waals surface area (Å²) in [7, 11) is 3.22. The summed E-state index contributed by atoms with van der Waals surface area (Å²) in [5, 5.41) is 0. The number of hydrogen-bond acceptors (Lipinski definition) is 5. The Hall–Kier alpha value is -2.11. The summed E-state index contributed by atoms with van der Waals surface area (Å²) in [6.07, 6.45) is 2.66. The van der Waals surface area contributed by atoms with E-state index in [2.05, 4.69) is 9.97 Å². The fourth-order valence-corrected chi connectivity index (χ4v) is 2.16. The Balaban J connectivity index is 2.49. The number of carbonyl (C=O) groups is 1. The first kappa shape index (κ1) is 13.3. The van der Waals surface area contributed by atoms with Gasteiger partial charge in [-0.15, -0.1) is 0 Å². The van der Waals surface area contributed by atoms with Crippen molar-refractivity contribution in [3.8, 4) is 0 Å². The van der Waals surface area contributed by atoms with Crippen molar-refractivity contribution in [2.24, 2.45) is 0 Å². The molecule has 0 amide bonds. The largest absolute Gasteiger partial charge is 0.466 e. The monoisotopic (exact) mass is 263 g/mol. The maximum atomic E-state index is 12.0.